The highest BCUT2D eigenvalue weighted by Gasteiger charge is 2.33. The van der Waals surface area contributed by atoms with E-state index in [1.165, 1.54) is 25.7 Å². The molecular formula is C17H34N2O2. The number of nitrogens with zero attached hydrogens (tertiary/aromatic N) is 1. The molecule has 2 aliphatic carbocycles. The smallest absolute Gasteiger partial charge is 0.0613 e. The lowest BCUT2D eigenvalue weighted by Crippen LogP contribution is -2.49. The molecule has 21 heavy (non-hydrogen) atoms. The first kappa shape index (κ1) is 17.2. The van der Waals surface area contributed by atoms with E-state index in [1.807, 2.05) is 0 Å². The summed E-state index contributed by atoms with van der Waals surface area (Å²) in [6, 6.07) is 0.658. The number of aliphatic hydroxyl groups excluding tert-OH is 1. The molecule has 0 amide bonds. The highest BCUT2D eigenvalue weighted by molar-refractivity contribution is 4.94. The van der Waals surface area contributed by atoms with E-state index in [0.717, 1.165) is 51.5 Å². The van der Waals surface area contributed by atoms with Crippen LogP contribution in [0.1, 0.15) is 51.9 Å². The van der Waals surface area contributed by atoms with Crippen molar-refractivity contribution < 1.29 is 9.84 Å². The molecule has 0 bridgehead atoms. The van der Waals surface area contributed by atoms with E-state index >= 15 is 0 Å². The Bertz CT molecular complexity index is 287. The lowest BCUT2D eigenvalue weighted by atomic mass is 9.91. The number of ether oxygens (including phenoxy) is 1. The predicted molar refractivity (Wildman–Crippen MR) is 86.5 cm³/mol. The molecule has 1 unspecified atom stereocenters. The standard InChI is InChI=1S/C17H34N2O2/c1-3-17(14-20,18-16-7-8-16)9-4-10-19(2)11-12-21-13-15-5-6-15/h15-16,18,20H,3-14H2,1-2H3. The van der Waals surface area contributed by atoms with Gasteiger partial charge in [-0.2, -0.15) is 0 Å². The Morgan fingerprint density at radius 2 is 2.00 bits per heavy atom. The number of likely N-dealkylation sites (N-methyl/N-ethyl adjacent to an activating group) is 1. The Morgan fingerprint density at radius 1 is 1.24 bits per heavy atom. The third kappa shape index (κ3) is 6.64. The molecule has 0 aromatic carbocycles. The summed E-state index contributed by atoms with van der Waals surface area (Å²) in [5.41, 5.74) is -0.0511. The van der Waals surface area contributed by atoms with E-state index in [1.54, 1.807) is 0 Å². The topological polar surface area (TPSA) is 44.7 Å². The molecule has 4 nitrogen and oxygen atoms in total. The van der Waals surface area contributed by atoms with Crippen LogP contribution in [0.4, 0.5) is 0 Å². The molecule has 2 aliphatic rings. The fourth-order valence-electron chi connectivity index (χ4n) is 2.80. The number of aliphatic hydroxyl groups is 1. The summed E-state index contributed by atoms with van der Waals surface area (Å²) in [5.74, 6) is 0.860. The second-order valence-electron chi connectivity index (χ2n) is 7.14. The summed E-state index contributed by atoms with van der Waals surface area (Å²) in [7, 11) is 2.17. The van der Waals surface area contributed by atoms with E-state index in [4.69, 9.17) is 4.74 Å². The van der Waals surface area contributed by atoms with Crippen molar-refractivity contribution in [2.24, 2.45) is 5.92 Å². The zero-order valence-corrected chi connectivity index (χ0v) is 13.9. The Balaban J connectivity index is 1.54. The van der Waals surface area contributed by atoms with E-state index < -0.39 is 0 Å². The number of hydrogen-bond acceptors (Lipinski definition) is 4. The Hall–Kier alpha value is -0.160. The molecule has 4 heteroatoms. The molecule has 2 fully saturated rings. The van der Waals surface area contributed by atoms with Crippen molar-refractivity contribution in [2.45, 2.75) is 63.5 Å². The van der Waals surface area contributed by atoms with Gasteiger partial charge in [0, 0.05) is 24.7 Å². The van der Waals surface area contributed by atoms with Crippen molar-refractivity contribution >= 4 is 0 Å². The number of hydrogen-bond donors (Lipinski definition) is 2. The average molecular weight is 298 g/mol. The summed E-state index contributed by atoms with van der Waals surface area (Å²) in [6.45, 7) is 6.35. The summed E-state index contributed by atoms with van der Waals surface area (Å²) in [6.07, 6.45) is 8.49. The van der Waals surface area contributed by atoms with Gasteiger partial charge in [0.1, 0.15) is 0 Å². The van der Waals surface area contributed by atoms with Gasteiger partial charge < -0.3 is 20.1 Å². The molecule has 124 valence electrons. The van der Waals surface area contributed by atoms with Crippen molar-refractivity contribution in [3.63, 3.8) is 0 Å². The summed E-state index contributed by atoms with van der Waals surface area (Å²) in [4.78, 5) is 2.35. The molecule has 0 aromatic rings. The minimum atomic E-state index is -0.0511. The summed E-state index contributed by atoms with van der Waals surface area (Å²) in [5, 5.41) is 13.4. The van der Waals surface area contributed by atoms with Crippen LogP contribution in [-0.4, -0.2) is 61.5 Å². The van der Waals surface area contributed by atoms with Gasteiger partial charge in [-0.25, -0.2) is 0 Å². The maximum Gasteiger partial charge on any atom is 0.0613 e. The quantitative estimate of drug-likeness (QED) is 0.511. The zero-order chi connectivity index (χ0) is 15.1. The Kier molecular flexibility index (Phi) is 6.93. The van der Waals surface area contributed by atoms with Gasteiger partial charge in [0.2, 0.25) is 0 Å². The van der Waals surface area contributed by atoms with Crippen LogP contribution in [0.15, 0.2) is 0 Å². The van der Waals surface area contributed by atoms with E-state index in [2.05, 4.69) is 24.2 Å². The van der Waals surface area contributed by atoms with Gasteiger partial charge in [-0.05, 0) is 64.5 Å². The molecular weight excluding hydrogens is 264 g/mol. The highest BCUT2D eigenvalue weighted by atomic mass is 16.5. The van der Waals surface area contributed by atoms with Crippen LogP contribution in [0.5, 0.6) is 0 Å². The second kappa shape index (κ2) is 8.47. The second-order valence-corrected chi connectivity index (χ2v) is 7.14. The van der Waals surface area contributed by atoms with Crippen molar-refractivity contribution in [1.29, 1.82) is 0 Å². The van der Waals surface area contributed by atoms with Crippen LogP contribution < -0.4 is 5.32 Å². The lowest BCUT2D eigenvalue weighted by molar-refractivity contribution is 0.0996. The van der Waals surface area contributed by atoms with Gasteiger partial charge in [-0.15, -0.1) is 0 Å². The van der Waals surface area contributed by atoms with Crippen molar-refractivity contribution in [3.05, 3.63) is 0 Å². The van der Waals surface area contributed by atoms with Gasteiger partial charge in [-0.1, -0.05) is 6.92 Å². The van der Waals surface area contributed by atoms with Crippen molar-refractivity contribution in [2.75, 3.05) is 40.0 Å². The first-order chi connectivity index (χ1) is 10.2. The number of nitrogens with one attached hydrogen (secondary N) is 1. The minimum absolute atomic E-state index is 0.0511. The van der Waals surface area contributed by atoms with E-state index in [0.29, 0.717) is 6.04 Å². The molecule has 0 aromatic heterocycles. The lowest BCUT2D eigenvalue weighted by Gasteiger charge is -2.33. The fourth-order valence-corrected chi connectivity index (χ4v) is 2.80. The third-order valence-electron chi connectivity index (χ3n) is 4.93. The first-order valence-corrected chi connectivity index (χ1v) is 8.82. The molecule has 2 rings (SSSR count). The fraction of sp³-hybridized carbons (Fsp3) is 1.00. The zero-order valence-electron chi connectivity index (χ0n) is 13.9. The molecule has 2 N–H and O–H groups in total. The molecule has 0 aliphatic heterocycles. The Morgan fingerprint density at radius 3 is 2.57 bits per heavy atom. The molecule has 0 radical (unpaired) electrons. The van der Waals surface area contributed by atoms with Gasteiger partial charge in [0.15, 0.2) is 0 Å². The van der Waals surface area contributed by atoms with Gasteiger partial charge in [-0.3, -0.25) is 0 Å². The largest absolute Gasteiger partial charge is 0.394 e. The number of rotatable bonds is 13. The van der Waals surface area contributed by atoms with Crippen LogP contribution in [0, 0.1) is 5.92 Å². The van der Waals surface area contributed by atoms with Gasteiger partial charge in [0.05, 0.1) is 13.2 Å². The van der Waals surface area contributed by atoms with Crippen molar-refractivity contribution in [3.8, 4) is 0 Å². The molecule has 1 atom stereocenters. The van der Waals surface area contributed by atoms with E-state index in [9.17, 15) is 5.11 Å². The van der Waals surface area contributed by atoms with Crippen LogP contribution in [0.25, 0.3) is 0 Å². The van der Waals surface area contributed by atoms with Crippen LogP contribution >= 0.6 is 0 Å². The normalized spacial score (nSPS) is 21.7. The maximum atomic E-state index is 9.75. The van der Waals surface area contributed by atoms with Crippen molar-refractivity contribution in [1.82, 2.24) is 10.2 Å². The SMILES string of the molecule is CCC(CO)(CCCN(C)CCOCC1CC1)NC1CC1. The molecule has 0 saturated heterocycles. The molecule has 0 heterocycles. The average Bonchev–Trinajstić information content (AvgIpc) is 3.37. The summed E-state index contributed by atoms with van der Waals surface area (Å²) < 4.78 is 5.68. The maximum absolute atomic E-state index is 9.75. The highest BCUT2D eigenvalue weighted by Crippen LogP contribution is 2.28. The predicted octanol–water partition coefficient (Wildman–Crippen LogP) is 2.02. The minimum Gasteiger partial charge on any atom is -0.394 e. The third-order valence-corrected chi connectivity index (χ3v) is 4.93. The van der Waals surface area contributed by atoms with Crippen LogP contribution in [0.3, 0.4) is 0 Å². The van der Waals surface area contributed by atoms with E-state index in [-0.39, 0.29) is 12.1 Å². The van der Waals surface area contributed by atoms with Gasteiger partial charge >= 0.3 is 0 Å². The molecule has 2 saturated carbocycles. The van der Waals surface area contributed by atoms with Crippen LogP contribution in [-0.2, 0) is 4.74 Å². The monoisotopic (exact) mass is 298 g/mol. The van der Waals surface area contributed by atoms with Gasteiger partial charge in [0.25, 0.3) is 0 Å². The summed E-state index contributed by atoms with van der Waals surface area (Å²) >= 11 is 0. The molecule has 0 spiro atoms. The van der Waals surface area contributed by atoms with Crippen LogP contribution in [0.2, 0.25) is 0 Å². The first-order valence-electron chi connectivity index (χ1n) is 8.82. The Labute approximate surface area is 130 Å².